The number of rotatable bonds is 4. The second-order valence-corrected chi connectivity index (χ2v) is 7.32. The van der Waals surface area contributed by atoms with Crippen molar-refractivity contribution >= 4 is 40.2 Å². The van der Waals surface area contributed by atoms with Crippen molar-refractivity contribution in [1.29, 1.82) is 0 Å². The Bertz CT molecular complexity index is 897. The van der Waals surface area contributed by atoms with E-state index in [1.54, 1.807) is 37.1 Å². The van der Waals surface area contributed by atoms with Gasteiger partial charge in [0, 0.05) is 30.8 Å². The van der Waals surface area contributed by atoms with E-state index >= 15 is 0 Å². The topological polar surface area (TPSA) is 65.8 Å². The summed E-state index contributed by atoms with van der Waals surface area (Å²) >= 11 is 13.0. The summed E-state index contributed by atoms with van der Waals surface area (Å²) in [5, 5.41) is 22.0. The molecule has 1 aromatic heterocycles. The number of nitrogens with zero attached hydrogens (tertiary/aromatic N) is 2. The molecule has 1 atom stereocenters. The zero-order valence-corrected chi connectivity index (χ0v) is 17.0. The van der Waals surface area contributed by atoms with E-state index in [0.717, 1.165) is 12.0 Å². The van der Waals surface area contributed by atoms with Crippen LogP contribution >= 0.6 is 23.2 Å². The van der Waals surface area contributed by atoms with E-state index in [0.29, 0.717) is 45.7 Å². The second-order valence-electron chi connectivity index (χ2n) is 6.53. The number of pyridine rings is 1. The number of aliphatic hydroxyl groups excluding tert-OH is 1. The lowest BCUT2D eigenvalue weighted by Crippen LogP contribution is -2.42. The molecule has 0 saturated carbocycles. The molecule has 2 N–H and O–H groups in total. The summed E-state index contributed by atoms with van der Waals surface area (Å²) in [6, 6.07) is 7.22. The number of aliphatic hydroxyl groups is 2. The highest BCUT2D eigenvalue weighted by atomic mass is 35.5. The molecule has 2 aromatic rings. The molecule has 2 heterocycles. The largest absolute Gasteiger partial charge is 0.505 e. The van der Waals surface area contributed by atoms with Crippen LogP contribution in [0.3, 0.4) is 0 Å². The number of aryl methyl sites for hydroxylation is 1. The van der Waals surface area contributed by atoms with Crippen LogP contribution in [0.4, 0.5) is 5.69 Å². The van der Waals surface area contributed by atoms with Gasteiger partial charge in [0.05, 0.1) is 22.3 Å². The van der Waals surface area contributed by atoms with Crippen molar-refractivity contribution in [3.05, 3.63) is 57.3 Å². The molecule has 0 amide bonds. The van der Waals surface area contributed by atoms with Gasteiger partial charge in [0.2, 0.25) is 5.91 Å². The average Bonchev–Trinajstić information content (AvgIpc) is 2.99. The maximum Gasteiger partial charge on any atom is 0.246 e. The van der Waals surface area contributed by atoms with Crippen molar-refractivity contribution < 1.29 is 14.9 Å². The monoisotopic (exact) mass is 408 g/mol. The lowest BCUT2D eigenvalue weighted by atomic mass is 10.0. The number of aromatic nitrogens is 1. The highest BCUT2D eigenvalue weighted by Gasteiger charge is 2.38. The summed E-state index contributed by atoms with van der Waals surface area (Å²) in [5.74, 6) is -1.44. The third kappa shape index (κ3) is 3.65. The van der Waals surface area contributed by atoms with Gasteiger partial charge in [-0.3, -0.25) is 4.98 Å². The van der Waals surface area contributed by atoms with Gasteiger partial charge in [-0.1, -0.05) is 42.3 Å². The Morgan fingerprint density at radius 1 is 1.33 bits per heavy atom. The van der Waals surface area contributed by atoms with Crippen LogP contribution in [0.15, 0.2) is 30.5 Å². The van der Waals surface area contributed by atoms with Crippen molar-refractivity contribution in [3.8, 4) is 0 Å². The molecule has 3 rings (SSSR count). The lowest BCUT2D eigenvalue weighted by molar-refractivity contribution is -0.153. The molecule has 1 saturated heterocycles. The molecular formula is C20H22Cl2N2O3. The van der Waals surface area contributed by atoms with Crippen LogP contribution in [0.5, 0.6) is 0 Å². The van der Waals surface area contributed by atoms with Crippen molar-refractivity contribution in [2.75, 3.05) is 18.1 Å². The standard InChI is InChI=1S/C20H22Cl2N2O3/c1-4-13-6-5-9-23-17(13)19(25)12(2)14-7-8-15(21)18(16(14)22)24-10-11-27-20(24,3)26/h5-9,25-26H,4,10-11H2,1-3H3/b19-12-. The summed E-state index contributed by atoms with van der Waals surface area (Å²) in [6.45, 7) is 6.14. The van der Waals surface area contributed by atoms with Gasteiger partial charge in [-0.25, -0.2) is 0 Å². The Labute approximate surface area is 168 Å². The van der Waals surface area contributed by atoms with Crippen molar-refractivity contribution in [1.82, 2.24) is 4.98 Å². The minimum absolute atomic E-state index is 0.0621. The number of benzene rings is 1. The third-order valence-corrected chi connectivity index (χ3v) is 5.47. The van der Waals surface area contributed by atoms with Crippen LogP contribution in [0.1, 0.15) is 37.6 Å². The maximum atomic E-state index is 10.8. The fourth-order valence-electron chi connectivity index (χ4n) is 3.26. The number of halogens is 2. The molecule has 7 heteroatoms. The van der Waals surface area contributed by atoms with E-state index in [-0.39, 0.29) is 5.76 Å². The number of hydrogen-bond acceptors (Lipinski definition) is 5. The number of ether oxygens (including phenoxy) is 1. The molecule has 0 aliphatic carbocycles. The number of allylic oxidation sites excluding steroid dienone is 1. The molecule has 27 heavy (non-hydrogen) atoms. The van der Waals surface area contributed by atoms with Crippen LogP contribution in [-0.2, 0) is 11.2 Å². The maximum absolute atomic E-state index is 10.8. The second kappa shape index (κ2) is 7.68. The fraction of sp³-hybridized carbons (Fsp3) is 0.350. The highest BCUT2D eigenvalue weighted by Crippen LogP contribution is 2.43. The normalized spacial score (nSPS) is 20.7. The number of hydrogen-bond donors (Lipinski definition) is 2. The van der Waals surface area contributed by atoms with Gasteiger partial charge in [-0.15, -0.1) is 0 Å². The van der Waals surface area contributed by atoms with Crippen molar-refractivity contribution in [2.24, 2.45) is 0 Å². The Morgan fingerprint density at radius 2 is 2.07 bits per heavy atom. The van der Waals surface area contributed by atoms with Crippen molar-refractivity contribution in [3.63, 3.8) is 0 Å². The first-order chi connectivity index (χ1) is 12.8. The van der Waals surface area contributed by atoms with E-state index in [1.165, 1.54) is 0 Å². The third-order valence-electron chi connectivity index (χ3n) is 4.78. The number of anilines is 1. The molecule has 144 valence electrons. The first kappa shape index (κ1) is 20.0. The summed E-state index contributed by atoms with van der Waals surface area (Å²) in [6.07, 6.45) is 2.39. The molecule has 0 radical (unpaired) electrons. The predicted molar refractivity (Wildman–Crippen MR) is 109 cm³/mol. The van der Waals surface area contributed by atoms with E-state index in [9.17, 15) is 10.2 Å². The quantitative estimate of drug-likeness (QED) is 0.704. The molecule has 1 aromatic carbocycles. The Balaban J connectivity index is 2.14. The Hall–Kier alpha value is -1.79. The van der Waals surface area contributed by atoms with Gasteiger partial charge in [0.1, 0.15) is 11.5 Å². The summed E-state index contributed by atoms with van der Waals surface area (Å²) in [5.41, 5.74) is 3.13. The highest BCUT2D eigenvalue weighted by molar-refractivity contribution is 6.40. The van der Waals surface area contributed by atoms with Gasteiger partial charge >= 0.3 is 0 Å². The van der Waals surface area contributed by atoms with Gasteiger partial charge < -0.3 is 19.8 Å². The van der Waals surface area contributed by atoms with Crippen molar-refractivity contribution in [2.45, 2.75) is 33.1 Å². The molecule has 1 aliphatic rings. The van der Waals surface area contributed by atoms with Crippen LogP contribution in [-0.4, -0.2) is 34.3 Å². The summed E-state index contributed by atoms with van der Waals surface area (Å²) < 4.78 is 5.36. The first-order valence-corrected chi connectivity index (χ1v) is 9.50. The van der Waals surface area contributed by atoms with Crippen LogP contribution in [0.2, 0.25) is 10.0 Å². The zero-order valence-electron chi connectivity index (χ0n) is 15.5. The molecule has 5 nitrogen and oxygen atoms in total. The van der Waals surface area contributed by atoms with Gasteiger partial charge in [0.25, 0.3) is 0 Å². The molecule has 1 aliphatic heterocycles. The predicted octanol–water partition coefficient (Wildman–Crippen LogP) is 4.90. The van der Waals surface area contributed by atoms with Gasteiger partial charge in [-0.2, -0.15) is 0 Å². The first-order valence-electron chi connectivity index (χ1n) is 8.74. The summed E-state index contributed by atoms with van der Waals surface area (Å²) in [4.78, 5) is 5.93. The van der Waals surface area contributed by atoms with E-state index in [4.69, 9.17) is 27.9 Å². The molecule has 1 fully saturated rings. The Kier molecular flexibility index (Phi) is 5.68. The smallest absolute Gasteiger partial charge is 0.246 e. The van der Waals surface area contributed by atoms with Gasteiger partial charge in [0.15, 0.2) is 0 Å². The Morgan fingerprint density at radius 3 is 2.70 bits per heavy atom. The molecule has 1 unspecified atom stereocenters. The minimum atomic E-state index is -1.50. The fourth-order valence-corrected chi connectivity index (χ4v) is 3.97. The lowest BCUT2D eigenvalue weighted by Gasteiger charge is -2.31. The molecular weight excluding hydrogens is 387 g/mol. The van der Waals surface area contributed by atoms with E-state index < -0.39 is 5.91 Å². The van der Waals surface area contributed by atoms with Crippen LogP contribution in [0, 0.1) is 0 Å². The van der Waals surface area contributed by atoms with Crippen LogP contribution in [0.25, 0.3) is 11.3 Å². The average molecular weight is 409 g/mol. The SMILES string of the molecule is CCc1cccnc1/C(O)=C(\C)c1ccc(Cl)c(N2CCOC2(C)O)c1Cl. The molecule has 0 bridgehead atoms. The van der Waals surface area contributed by atoms with Gasteiger partial charge in [-0.05, 0) is 31.0 Å². The van der Waals surface area contributed by atoms with Crippen LogP contribution < -0.4 is 4.90 Å². The van der Waals surface area contributed by atoms with E-state index in [2.05, 4.69) is 4.98 Å². The molecule has 0 spiro atoms. The van der Waals surface area contributed by atoms with E-state index in [1.807, 2.05) is 19.1 Å². The summed E-state index contributed by atoms with van der Waals surface area (Å²) in [7, 11) is 0. The minimum Gasteiger partial charge on any atom is -0.505 e. The zero-order chi connectivity index (χ0) is 19.8.